The van der Waals surface area contributed by atoms with Gasteiger partial charge in [-0.05, 0) is 25.1 Å². The fraction of sp³-hybridized carbons (Fsp3) is 0.364. The maximum atomic E-state index is 11.7. The number of esters is 1. The Hall–Kier alpha value is -0.980. The third-order valence-corrected chi connectivity index (χ3v) is 3.82. The van der Waals surface area contributed by atoms with Crippen molar-refractivity contribution in [2.75, 3.05) is 23.7 Å². The van der Waals surface area contributed by atoms with E-state index in [0.717, 1.165) is 10.6 Å². The van der Waals surface area contributed by atoms with Gasteiger partial charge in [-0.1, -0.05) is 23.2 Å². The van der Waals surface area contributed by atoms with Gasteiger partial charge in [0, 0.05) is 5.02 Å². The van der Waals surface area contributed by atoms with E-state index < -0.39 is 22.5 Å². The molecule has 19 heavy (non-hydrogen) atoms. The number of hydrogen-bond acceptors (Lipinski definition) is 4. The fourth-order valence-electron chi connectivity index (χ4n) is 1.39. The molecule has 0 fully saturated rings. The van der Waals surface area contributed by atoms with Crippen molar-refractivity contribution in [2.45, 2.75) is 6.92 Å². The molecule has 0 spiro atoms. The van der Waals surface area contributed by atoms with Crippen LogP contribution in [0.15, 0.2) is 18.2 Å². The first-order valence-corrected chi connectivity index (χ1v) is 7.94. The van der Waals surface area contributed by atoms with Crippen LogP contribution in [-0.4, -0.2) is 33.8 Å². The van der Waals surface area contributed by atoms with Crippen LogP contribution in [0.3, 0.4) is 0 Å². The van der Waals surface area contributed by atoms with Crippen LogP contribution >= 0.6 is 23.2 Å². The van der Waals surface area contributed by atoms with Gasteiger partial charge in [-0.15, -0.1) is 0 Å². The van der Waals surface area contributed by atoms with Crippen LogP contribution in [-0.2, 0) is 19.6 Å². The molecule has 0 radical (unpaired) electrons. The van der Waals surface area contributed by atoms with E-state index in [9.17, 15) is 13.2 Å². The molecule has 1 rings (SSSR count). The van der Waals surface area contributed by atoms with Gasteiger partial charge in [0.2, 0.25) is 10.0 Å². The summed E-state index contributed by atoms with van der Waals surface area (Å²) in [5.41, 5.74) is 0.182. The number of benzene rings is 1. The molecule has 106 valence electrons. The highest BCUT2D eigenvalue weighted by molar-refractivity contribution is 7.92. The van der Waals surface area contributed by atoms with Crippen LogP contribution in [0, 0.1) is 0 Å². The Kier molecular flexibility index (Phi) is 5.46. The van der Waals surface area contributed by atoms with Crippen molar-refractivity contribution in [1.82, 2.24) is 0 Å². The highest BCUT2D eigenvalue weighted by Crippen LogP contribution is 2.30. The van der Waals surface area contributed by atoms with Crippen molar-refractivity contribution in [1.29, 1.82) is 0 Å². The zero-order valence-corrected chi connectivity index (χ0v) is 12.7. The van der Waals surface area contributed by atoms with Gasteiger partial charge in [0.25, 0.3) is 0 Å². The summed E-state index contributed by atoms with van der Waals surface area (Å²) in [4.78, 5) is 11.5. The standard InChI is InChI=1S/C11H13Cl2NO4S/c1-3-18-11(15)7-14(19(2,16)17)10-5-4-8(12)6-9(10)13/h4-6H,3,7H2,1-2H3. The van der Waals surface area contributed by atoms with Gasteiger partial charge in [0.15, 0.2) is 0 Å². The molecule has 1 aromatic carbocycles. The summed E-state index contributed by atoms with van der Waals surface area (Å²) < 4.78 is 29.1. The van der Waals surface area contributed by atoms with Gasteiger partial charge >= 0.3 is 5.97 Å². The number of sulfonamides is 1. The molecule has 0 heterocycles. The normalized spacial score (nSPS) is 11.2. The van der Waals surface area contributed by atoms with Crippen LogP contribution in [0.1, 0.15) is 6.92 Å². The Labute approximate surface area is 122 Å². The van der Waals surface area contributed by atoms with Crippen molar-refractivity contribution in [3.8, 4) is 0 Å². The smallest absolute Gasteiger partial charge is 0.326 e. The number of rotatable bonds is 5. The summed E-state index contributed by atoms with van der Waals surface area (Å²) >= 11 is 11.7. The average Bonchev–Trinajstić information content (AvgIpc) is 2.25. The van der Waals surface area contributed by atoms with Crippen LogP contribution in [0.2, 0.25) is 10.0 Å². The molecular formula is C11H13Cl2NO4S. The summed E-state index contributed by atoms with van der Waals surface area (Å²) in [6, 6.07) is 4.33. The quantitative estimate of drug-likeness (QED) is 0.779. The summed E-state index contributed by atoms with van der Waals surface area (Å²) in [7, 11) is -3.66. The molecule has 8 heteroatoms. The molecule has 0 saturated heterocycles. The van der Waals surface area contributed by atoms with Crippen molar-refractivity contribution in [3.63, 3.8) is 0 Å². The maximum absolute atomic E-state index is 11.7. The fourth-order valence-corrected chi connectivity index (χ4v) is 2.81. The lowest BCUT2D eigenvalue weighted by Crippen LogP contribution is -2.36. The number of carbonyl (C=O) groups excluding carboxylic acids is 1. The first-order valence-electron chi connectivity index (χ1n) is 5.34. The second kappa shape index (κ2) is 6.45. The molecule has 0 aliphatic carbocycles. The zero-order valence-electron chi connectivity index (χ0n) is 10.4. The van der Waals surface area contributed by atoms with E-state index in [2.05, 4.69) is 0 Å². The molecule has 0 amide bonds. The van der Waals surface area contributed by atoms with Gasteiger partial charge in [-0.2, -0.15) is 0 Å². The third-order valence-electron chi connectivity index (χ3n) is 2.16. The van der Waals surface area contributed by atoms with E-state index in [4.69, 9.17) is 27.9 Å². The SMILES string of the molecule is CCOC(=O)CN(c1ccc(Cl)cc1Cl)S(C)(=O)=O. The van der Waals surface area contributed by atoms with E-state index >= 15 is 0 Å². The van der Waals surface area contributed by atoms with Crippen molar-refractivity contribution >= 4 is 44.9 Å². The summed E-state index contributed by atoms with van der Waals surface area (Å²) in [6.07, 6.45) is 0.983. The number of anilines is 1. The minimum Gasteiger partial charge on any atom is -0.465 e. The molecule has 0 atom stereocenters. The molecule has 0 bridgehead atoms. The maximum Gasteiger partial charge on any atom is 0.326 e. The molecule has 0 saturated carbocycles. The number of halogens is 2. The highest BCUT2D eigenvalue weighted by atomic mass is 35.5. The monoisotopic (exact) mass is 325 g/mol. The minimum absolute atomic E-state index is 0.141. The molecule has 5 nitrogen and oxygen atoms in total. The van der Waals surface area contributed by atoms with Crippen molar-refractivity contribution < 1.29 is 17.9 Å². The van der Waals surface area contributed by atoms with E-state index in [1.165, 1.54) is 18.2 Å². The molecule has 1 aromatic rings. The van der Waals surface area contributed by atoms with Crippen molar-refractivity contribution in [3.05, 3.63) is 28.2 Å². The van der Waals surface area contributed by atoms with E-state index in [0.29, 0.717) is 5.02 Å². The topological polar surface area (TPSA) is 63.7 Å². The predicted octanol–water partition coefficient (Wildman–Crippen LogP) is 2.32. The highest BCUT2D eigenvalue weighted by Gasteiger charge is 2.23. The Morgan fingerprint density at radius 2 is 2.00 bits per heavy atom. The molecule has 0 aromatic heterocycles. The first kappa shape index (κ1) is 16.1. The third kappa shape index (κ3) is 4.56. The van der Waals surface area contributed by atoms with Crippen LogP contribution in [0.25, 0.3) is 0 Å². The second-order valence-corrected chi connectivity index (χ2v) is 6.42. The van der Waals surface area contributed by atoms with Gasteiger partial charge in [-0.3, -0.25) is 9.10 Å². The lowest BCUT2D eigenvalue weighted by Gasteiger charge is -2.22. The van der Waals surface area contributed by atoms with Gasteiger partial charge < -0.3 is 4.74 Å². The van der Waals surface area contributed by atoms with Crippen molar-refractivity contribution in [2.24, 2.45) is 0 Å². The predicted molar refractivity (Wildman–Crippen MR) is 75.3 cm³/mol. The minimum atomic E-state index is -3.66. The Morgan fingerprint density at radius 3 is 2.47 bits per heavy atom. The van der Waals surface area contributed by atoms with Crippen LogP contribution in [0.4, 0.5) is 5.69 Å². The Morgan fingerprint density at radius 1 is 1.37 bits per heavy atom. The Bertz CT molecular complexity index is 574. The zero-order chi connectivity index (χ0) is 14.6. The summed E-state index contributed by atoms with van der Waals surface area (Å²) in [5, 5.41) is 0.514. The number of hydrogen-bond donors (Lipinski definition) is 0. The van der Waals surface area contributed by atoms with Gasteiger partial charge in [0.1, 0.15) is 6.54 Å². The van der Waals surface area contributed by atoms with Crippen LogP contribution in [0.5, 0.6) is 0 Å². The summed E-state index contributed by atoms with van der Waals surface area (Å²) in [5.74, 6) is -0.654. The number of carbonyl (C=O) groups is 1. The largest absolute Gasteiger partial charge is 0.465 e. The lowest BCUT2D eigenvalue weighted by atomic mass is 10.3. The molecule has 0 aliphatic heterocycles. The molecule has 0 aliphatic rings. The number of nitrogens with zero attached hydrogens (tertiary/aromatic N) is 1. The van der Waals surface area contributed by atoms with E-state index in [1.54, 1.807) is 6.92 Å². The molecule has 0 N–H and O–H groups in total. The van der Waals surface area contributed by atoms with Gasteiger partial charge in [0.05, 0.1) is 23.6 Å². The summed E-state index contributed by atoms with van der Waals surface area (Å²) in [6.45, 7) is 1.37. The molecule has 0 unspecified atom stereocenters. The molecular weight excluding hydrogens is 313 g/mol. The second-order valence-electron chi connectivity index (χ2n) is 3.67. The van der Waals surface area contributed by atoms with E-state index in [1.807, 2.05) is 0 Å². The Balaban J connectivity index is 3.14. The van der Waals surface area contributed by atoms with E-state index in [-0.39, 0.29) is 17.3 Å². The van der Waals surface area contributed by atoms with Crippen LogP contribution < -0.4 is 4.31 Å². The first-order chi connectivity index (χ1) is 8.75. The lowest BCUT2D eigenvalue weighted by molar-refractivity contribution is -0.141. The number of ether oxygens (including phenoxy) is 1. The van der Waals surface area contributed by atoms with Gasteiger partial charge in [-0.25, -0.2) is 8.42 Å². The average molecular weight is 326 g/mol.